The van der Waals surface area contributed by atoms with Crippen molar-refractivity contribution in [2.24, 2.45) is 0 Å². The zero-order valence-electron chi connectivity index (χ0n) is 14.2. The Kier molecular flexibility index (Phi) is 6.86. The molecule has 0 aromatic heterocycles. The van der Waals surface area contributed by atoms with Crippen molar-refractivity contribution in [1.82, 2.24) is 15.5 Å². The number of hydrogen-bond donors (Lipinski definition) is 3. The predicted molar refractivity (Wildman–Crippen MR) is 92.3 cm³/mol. The molecule has 0 fully saturated rings. The van der Waals surface area contributed by atoms with Crippen LogP contribution in [0.1, 0.15) is 37.8 Å². The van der Waals surface area contributed by atoms with Crippen molar-refractivity contribution in [1.29, 1.82) is 0 Å². The van der Waals surface area contributed by atoms with Crippen molar-refractivity contribution in [2.45, 2.75) is 51.7 Å². The Morgan fingerprint density at radius 2 is 2.00 bits per heavy atom. The van der Waals surface area contributed by atoms with Gasteiger partial charge < -0.3 is 15.7 Å². The Morgan fingerprint density at radius 1 is 1.26 bits per heavy atom. The van der Waals surface area contributed by atoms with E-state index in [9.17, 15) is 4.79 Å². The third-order valence-electron chi connectivity index (χ3n) is 4.69. The molecule has 5 nitrogen and oxygen atoms in total. The lowest BCUT2D eigenvalue weighted by molar-refractivity contribution is 0.167. The Labute approximate surface area is 139 Å². The highest BCUT2D eigenvalue weighted by molar-refractivity contribution is 5.74. The van der Waals surface area contributed by atoms with Gasteiger partial charge in [0.2, 0.25) is 0 Å². The van der Waals surface area contributed by atoms with Gasteiger partial charge in [-0.15, -0.1) is 0 Å². The number of amides is 2. The minimum Gasteiger partial charge on any atom is -0.394 e. The molecule has 0 spiro atoms. The summed E-state index contributed by atoms with van der Waals surface area (Å²) in [6.45, 7) is 6.70. The highest BCUT2D eigenvalue weighted by Crippen LogP contribution is 2.21. The van der Waals surface area contributed by atoms with Gasteiger partial charge in [0.1, 0.15) is 0 Å². The van der Waals surface area contributed by atoms with E-state index in [0.717, 1.165) is 32.4 Å². The molecule has 1 aromatic carbocycles. The molecule has 0 aliphatic carbocycles. The van der Waals surface area contributed by atoms with Crippen molar-refractivity contribution < 1.29 is 9.90 Å². The molecule has 2 amide bonds. The fourth-order valence-electron chi connectivity index (χ4n) is 3.08. The predicted octanol–water partition coefficient (Wildman–Crippen LogP) is 1.89. The van der Waals surface area contributed by atoms with Crippen LogP contribution in [0.3, 0.4) is 0 Å². The van der Waals surface area contributed by atoms with Gasteiger partial charge >= 0.3 is 6.03 Å². The van der Waals surface area contributed by atoms with Crippen molar-refractivity contribution in [3.63, 3.8) is 0 Å². The maximum absolute atomic E-state index is 11.9. The van der Waals surface area contributed by atoms with Crippen molar-refractivity contribution in [3.05, 3.63) is 35.4 Å². The fraction of sp³-hybridized carbons (Fsp3) is 0.611. The summed E-state index contributed by atoms with van der Waals surface area (Å²) in [7, 11) is 0. The molecule has 1 heterocycles. The number of carbonyl (C=O) groups is 1. The number of carbonyl (C=O) groups excluding carboxylic acids is 1. The summed E-state index contributed by atoms with van der Waals surface area (Å²) >= 11 is 0. The molecule has 5 heteroatoms. The SMILES string of the molecule is CCC(CO)NC(=O)NCC(CC)N1CCc2ccccc2C1. The number of benzene rings is 1. The molecule has 1 aliphatic rings. The Hall–Kier alpha value is -1.59. The summed E-state index contributed by atoms with van der Waals surface area (Å²) in [6, 6.07) is 8.57. The first-order chi connectivity index (χ1) is 11.2. The number of rotatable bonds is 7. The summed E-state index contributed by atoms with van der Waals surface area (Å²) in [5.74, 6) is 0. The largest absolute Gasteiger partial charge is 0.394 e. The molecular weight excluding hydrogens is 290 g/mol. The van der Waals surface area contributed by atoms with E-state index in [-0.39, 0.29) is 18.7 Å². The van der Waals surface area contributed by atoms with Gasteiger partial charge in [-0.3, -0.25) is 4.90 Å². The number of hydrogen-bond acceptors (Lipinski definition) is 3. The number of aliphatic hydroxyl groups excluding tert-OH is 1. The van der Waals surface area contributed by atoms with E-state index >= 15 is 0 Å². The molecule has 1 aromatic rings. The molecule has 2 atom stereocenters. The summed E-state index contributed by atoms with van der Waals surface area (Å²) in [4.78, 5) is 14.4. The lowest BCUT2D eigenvalue weighted by Gasteiger charge is -2.35. The van der Waals surface area contributed by atoms with Crippen molar-refractivity contribution in [2.75, 3.05) is 19.7 Å². The summed E-state index contributed by atoms with van der Waals surface area (Å²) in [5.41, 5.74) is 2.84. The van der Waals surface area contributed by atoms with Gasteiger partial charge in [-0.25, -0.2) is 4.79 Å². The van der Waals surface area contributed by atoms with Crippen LogP contribution in [0.15, 0.2) is 24.3 Å². The van der Waals surface area contributed by atoms with Gasteiger partial charge in [-0.05, 0) is 30.4 Å². The van der Waals surface area contributed by atoms with E-state index < -0.39 is 0 Å². The highest BCUT2D eigenvalue weighted by atomic mass is 16.3. The van der Waals surface area contributed by atoms with Gasteiger partial charge in [0.15, 0.2) is 0 Å². The van der Waals surface area contributed by atoms with Gasteiger partial charge in [0.05, 0.1) is 12.6 Å². The Bertz CT molecular complexity index is 503. The minimum absolute atomic E-state index is 0.0238. The van der Waals surface area contributed by atoms with Crippen LogP contribution in [-0.2, 0) is 13.0 Å². The van der Waals surface area contributed by atoms with Gasteiger partial charge in [0, 0.05) is 25.7 Å². The van der Waals surface area contributed by atoms with E-state index in [0.29, 0.717) is 12.6 Å². The first kappa shape index (κ1) is 17.8. The number of nitrogens with one attached hydrogen (secondary N) is 2. The van der Waals surface area contributed by atoms with Crippen molar-refractivity contribution >= 4 is 6.03 Å². The fourth-order valence-corrected chi connectivity index (χ4v) is 3.08. The molecule has 1 aliphatic heterocycles. The number of nitrogens with zero attached hydrogens (tertiary/aromatic N) is 1. The average molecular weight is 319 g/mol. The van der Waals surface area contributed by atoms with Crippen LogP contribution >= 0.6 is 0 Å². The van der Waals surface area contributed by atoms with Crippen LogP contribution in [0.4, 0.5) is 4.79 Å². The lowest BCUT2D eigenvalue weighted by atomic mass is 9.98. The Morgan fingerprint density at radius 3 is 2.65 bits per heavy atom. The van der Waals surface area contributed by atoms with Crippen LogP contribution in [0.5, 0.6) is 0 Å². The third kappa shape index (κ3) is 4.94. The maximum Gasteiger partial charge on any atom is 0.315 e. The maximum atomic E-state index is 11.9. The molecule has 0 bridgehead atoms. The van der Waals surface area contributed by atoms with Gasteiger partial charge in [0.25, 0.3) is 0 Å². The quantitative estimate of drug-likeness (QED) is 0.719. The normalized spacial score (nSPS) is 17.2. The van der Waals surface area contributed by atoms with E-state index in [4.69, 9.17) is 5.11 Å². The molecule has 3 N–H and O–H groups in total. The molecule has 0 saturated heterocycles. The van der Waals surface area contributed by atoms with Crippen LogP contribution in [-0.4, -0.2) is 47.8 Å². The lowest BCUT2D eigenvalue weighted by Crippen LogP contribution is -2.49. The standard InChI is InChI=1S/C18H29N3O2/c1-3-16(13-22)20-18(23)19-11-17(4-2)21-10-9-14-7-5-6-8-15(14)12-21/h5-8,16-17,22H,3-4,9-13H2,1-2H3,(H2,19,20,23). The summed E-state index contributed by atoms with van der Waals surface area (Å²) in [6.07, 6.45) is 2.80. The zero-order chi connectivity index (χ0) is 16.7. The van der Waals surface area contributed by atoms with Gasteiger partial charge in [-0.2, -0.15) is 0 Å². The van der Waals surface area contributed by atoms with E-state index in [2.05, 4.69) is 46.7 Å². The molecule has 2 rings (SSSR count). The molecule has 2 unspecified atom stereocenters. The number of aliphatic hydroxyl groups is 1. The van der Waals surface area contributed by atoms with E-state index in [1.807, 2.05) is 6.92 Å². The topological polar surface area (TPSA) is 64.6 Å². The molecule has 23 heavy (non-hydrogen) atoms. The van der Waals surface area contributed by atoms with Crippen LogP contribution < -0.4 is 10.6 Å². The average Bonchev–Trinajstić information content (AvgIpc) is 2.60. The van der Waals surface area contributed by atoms with E-state index in [1.54, 1.807) is 0 Å². The van der Waals surface area contributed by atoms with Crippen LogP contribution in [0, 0.1) is 0 Å². The van der Waals surface area contributed by atoms with Crippen molar-refractivity contribution in [3.8, 4) is 0 Å². The number of fused-ring (bicyclic) bond motifs is 1. The second kappa shape index (κ2) is 8.89. The van der Waals surface area contributed by atoms with Crippen LogP contribution in [0.2, 0.25) is 0 Å². The summed E-state index contributed by atoms with van der Waals surface area (Å²) < 4.78 is 0. The first-order valence-electron chi connectivity index (χ1n) is 8.63. The Balaban J connectivity index is 1.85. The minimum atomic E-state index is -0.193. The second-order valence-corrected chi connectivity index (χ2v) is 6.19. The molecule has 0 radical (unpaired) electrons. The van der Waals surface area contributed by atoms with Gasteiger partial charge in [-0.1, -0.05) is 38.1 Å². The zero-order valence-corrected chi connectivity index (χ0v) is 14.2. The second-order valence-electron chi connectivity index (χ2n) is 6.19. The summed E-state index contributed by atoms with van der Waals surface area (Å²) in [5, 5.41) is 14.9. The molecular formula is C18H29N3O2. The first-order valence-corrected chi connectivity index (χ1v) is 8.63. The molecule has 128 valence electrons. The number of urea groups is 1. The van der Waals surface area contributed by atoms with E-state index in [1.165, 1.54) is 11.1 Å². The van der Waals surface area contributed by atoms with Crippen LogP contribution in [0.25, 0.3) is 0 Å². The third-order valence-corrected chi connectivity index (χ3v) is 4.69. The smallest absolute Gasteiger partial charge is 0.315 e. The monoisotopic (exact) mass is 319 g/mol. The molecule has 0 saturated carbocycles. The highest BCUT2D eigenvalue weighted by Gasteiger charge is 2.22.